The van der Waals surface area contributed by atoms with Crippen LogP contribution in [0.25, 0.3) is 10.1 Å². The third kappa shape index (κ3) is 3.37. The highest BCUT2D eigenvalue weighted by atomic mass is 32.1. The van der Waals surface area contributed by atoms with E-state index in [2.05, 4.69) is 52.3 Å². The fraction of sp³-hybridized carbons (Fsp3) is 0.333. The third-order valence-electron chi connectivity index (χ3n) is 5.10. The molecule has 2 aromatic heterocycles. The minimum Gasteiger partial charge on any atom is -0.481 e. The molecule has 2 atom stereocenters. The Kier molecular flexibility index (Phi) is 4.74. The van der Waals surface area contributed by atoms with Gasteiger partial charge in [-0.05, 0) is 55.5 Å². The Labute approximate surface area is 157 Å². The molecule has 1 saturated heterocycles. The average molecular weight is 366 g/mol. The van der Waals surface area contributed by atoms with E-state index < -0.39 is 5.97 Å². The second kappa shape index (κ2) is 7.17. The number of carboxylic acids is 1. The van der Waals surface area contributed by atoms with Crippen molar-refractivity contribution in [3.8, 4) is 0 Å². The van der Waals surface area contributed by atoms with Gasteiger partial charge in [-0.25, -0.2) is 0 Å². The Balaban J connectivity index is 1.76. The second-order valence-electron chi connectivity index (χ2n) is 7.02. The first-order valence-electron chi connectivity index (χ1n) is 9.00. The van der Waals surface area contributed by atoms with Crippen LogP contribution in [0.2, 0.25) is 0 Å². The van der Waals surface area contributed by atoms with Crippen LogP contribution in [0.3, 0.4) is 0 Å². The van der Waals surface area contributed by atoms with E-state index in [9.17, 15) is 9.90 Å². The van der Waals surface area contributed by atoms with Gasteiger partial charge in [0.05, 0.1) is 17.7 Å². The molecule has 0 aliphatic carbocycles. The number of carbonyl (C=O) groups is 1. The first-order chi connectivity index (χ1) is 12.6. The van der Waals surface area contributed by atoms with Gasteiger partial charge in [-0.1, -0.05) is 24.3 Å². The number of benzene rings is 1. The van der Waals surface area contributed by atoms with Crippen molar-refractivity contribution in [1.29, 1.82) is 0 Å². The molecule has 0 amide bonds. The van der Waals surface area contributed by atoms with Crippen LogP contribution in [0, 0.1) is 12.8 Å². The predicted octanol–water partition coefficient (Wildman–Crippen LogP) is 4.49. The summed E-state index contributed by atoms with van der Waals surface area (Å²) >= 11 is 1.78. The first kappa shape index (κ1) is 17.2. The molecule has 3 aromatic rings. The molecule has 4 nitrogen and oxygen atoms in total. The molecule has 1 fully saturated rings. The van der Waals surface area contributed by atoms with Crippen molar-refractivity contribution in [3.05, 3.63) is 64.8 Å². The number of pyridine rings is 1. The second-order valence-corrected chi connectivity index (χ2v) is 8.14. The molecule has 4 rings (SSSR count). The SMILES string of the molecule is Cc1ccc(C(c2cc3ccccc3s2)N2CCCC(C(=O)O)C2)nc1. The maximum atomic E-state index is 11.5. The fourth-order valence-corrected chi connectivity index (χ4v) is 4.95. The summed E-state index contributed by atoms with van der Waals surface area (Å²) in [4.78, 5) is 19.8. The number of likely N-dealkylation sites (tertiary alicyclic amines) is 1. The number of aryl methyl sites for hydroxylation is 1. The highest BCUT2D eigenvalue weighted by Gasteiger charge is 2.32. The third-order valence-corrected chi connectivity index (χ3v) is 6.26. The molecule has 134 valence electrons. The minimum absolute atomic E-state index is 0.00940. The molecule has 0 spiro atoms. The topological polar surface area (TPSA) is 53.4 Å². The van der Waals surface area contributed by atoms with Crippen LogP contribution in [0.4, 0.5) is 0 Å². The molecule has 2 unspecified atom stereocenters. The summed E-state index contributed by atoms with van der Waals surface area (Å²) < 4.78 is 1.26. The van der Waals surface area contributed by atoms with Gasteiger partial charge in [-0.15, -0.1) is 11.3 Å². The minimum atomic E-state index is -0.693. The van der Waals surface area contributed by atoms with Gasteiger partial charge in [0, 0.05) is 22.3 Å². The number of piperidine rings is 1. The molecular weight excluding hydrogens is 344 g/mol. The van der Waals surface area contributed by atoms with Crippen LogP contribution < -0.4 is 0 Å². The Morgan fingerprint density at radius 3 is 2.88 bits per heavy atom. The molecule has 0 saturated carbocycles. The largest absolute Gasteiger partial charge is 0.481 e. The van der Waals surface area contributed by atoms with Crippen LogP contribution >= 0.6 is 11.3 Å². The van der Waals surface area contributed by atoms with Gasteiger partial charge in [0.15, 0.2) is 0 Å². The van der Waals surface area contributed by atoms with Gasteiger partial charge in [0.25, 0.3) is 0 Å². The monoisotopic (exact) mass is 366 g/mol. The summed E-state index contributed by atoms with van der Waals surface area (Å²) in [5.41, 5.74) is 2.12. The summed E-state index contributed by atoms with van der Waals surface area (Å²) in [6.07, 6.45) is 3.56. The molecule has 0 radical (unpaired) electrons. The number of rotatable bonds is 4. The molecule has 5 heteroatoms. The first-order valence-corrected chi connectivity index (χ1v) is 9.81. The van der Waals surface area contributed by atoms with Crippen molar-refractivity contribution in [2.45, 2.75) is 25.8 Å². The summed E-state index contributed by atoms with van der Waals surface area (Å²) in [7, 11) is 0. The van der Waals surface area contributed by atoms with Gasteiger partial charge in [-0.3, -0.25) is 14.7 Å². The zero-order valence-corrected chi connectivity index (χ0v) is 15.6. The quantitative estimate of drug-likeness (QED) is 0.739. The van der Waals surface area contributed by atoms with Crippen molar-refractivity contribution in [1.82, 2.24) is 9.88 Å². The van der Waals surface area contributed by atoms with Gasteiger partial charge in [-0.2, -0.15) is 0 Å². The zero-order chi connectivity index (χ0) is 18.1. The number of nitrogens with zero attached hydrogens (tertiary/aromatic N) is 2. The van der Waals surface area contributed by atoms with Crippen molar-refractivity contribution in [3.63, 3.8) is 0 Å². The van der Waals surface area contributed by atoms with Crippen LogP contribution in [0.15, 0.2) is 48.7 Å². The number of fused-ring (bicyclic) bond motifs is 1. The van der Waals surface area contributed by atoms with Crippen molar-refractivity contribution in [2.75, 3.05) is 13.1 Å². The lowest BCUT2D eigenvalue weighted by Crippen LogP contribution is -2.41. The van der Waals surface area contributed by atoms with E-state index in [0.29, 0.717) is 6.54 Å². The Bertz CT molecular complexity index is 886. The van der Waals surface area contributed by atoms with Gasteiger partial charge in [0.2, 0.25) is 0 Å². The lowest BCUT2D eigenvalue weighted by molar-refractivity contribution is -0.143. The normalized spacial score (nSPS) is 19.5. The predicted molar refractivity (Wildman–Crippen MR) is 105 cm³/mol. The van der Waals surface area contributed by atoms with E-state index in [4.69, 9.17) is 0 Å². The van der Waals surface area contributed by atoms with E-state index in [1.165, 1.54) is 15.0 Å². The maximum absolute atomic E-state index is 11.5. The maximum Gasteiger partial charge on any atom is 0.307 e. The van der Waals surface area contributed by atoms with E-state index >= 15 is 0 Å². The highest BCUT2D eigenvalue weighted by Crippen LogP contribution is 2.38. The molecule has 1 aliphatic heterocycles. The van der Waals surface area contributed by atoms with Crippen molar-refractivity contribution < 1.29 is 9.90 Å². The molecular formula is C21H22N2O2S. The van der Waals surface area contributed by atoms with Crippen LogP contribution in [-0.4, -0.2) is 34.0 Å². The smallest absolute Gasteiger partial charge is 0.307 e. The van der Waals surface area contributed by atoms with Gasteiger partial charge < -0.3 is 5.11 Å². The van der Waals surface area contributed by atoms with E-state index in [-0.39, 0.29) is 12.0 Å². The molecule has 3 heterocycles. The number of carboxylic acid groups (broad SMARTS) is 1. The molecule has 0 bridgehead atoms. The number of hydrogen-bond acceptors (Lipinski definition) is 4. The Morgan fingerprint density at radius 1 is 1.31 bits per heavy atom. The van der Waals surface area contributed by atoms with Crippen LogP contribution in [0.5, 0.6) is 0 Å². The number of thiophene rings is 1. The standard InChI is InChI=1S/C21H22N2O2S/c1-14-8-9-17(22-12-14)20(23-10-4-6-16(13-23)21(24)25)19-11-15-5-2-3-7-18(15)26-19/h2-3,5,7-9,11-12,16,20H,4,6,10,13H2,1H3,(H,24,25). The summed E-state index contributed by atoms with van der Waals surface area (Å²) in [6, 6.07) is 14.8. The lowest BCUT2D eigenvalue weighted by atomic mass is 9.95. The molecule has 1 N–H and O–H groups in total. The molecule has 1 aliphatic rings. The number of hydrogen-bond donors (Lipinski definition) is 1. The van der Waals surface area contributed by atoms with Crippen molar-refractivity contribution >= 4 is 27.4 Å². The molecule has 1 aromatic carbocycles. The van der Waals surface area contributed by atoms with E-state index in [1.54, 1.807) is 11.3 Å². The lowest BCUT2D eigenvalue weighted by Gasteiger charge is -2.36. The average Bonchev–Trinajstić information content (AvgIpc) is 3.07. The summed E-state index contributed by atoms with van der Waals surface area (Å²) in [6.45, 7) is 3.51. The van der Waals surface area contributed by atoms with E-state index in [0.717, 1.165) is 30.6 Å². The van der Waals surface area contributed by atoms with Crippen LogP contribution in [0.1, 0.15) is 35.0 Å². The van der Waals surface area contributed by atoms with Crippen molar-refractivity contribution in [2.24, 2.45) is 5.92 Å². The Hall–Kier alpha value is -2.24. The van der Waals surface area contributed by atoms with Crippen LogP contribution in [-0.2, 0) is 4.79 Å². The number of aliphatic carboxylic acids is 1. The Morgan fingerprint density at radius 2 is 2.15 bits per heavy atom. The zero-order valence-electron chi connectivity index (χ0n) is 14.8. The summed E-state index contributed by atoms with van der Waals surface area (Å²) in [5, 5.41) is 10.7. The number of aromatic nitrogens is 1. The highest BCUT2D eigenvalue weighted by molar-refractivity contribution is 7.19. The fourth-order valence-electron chi connectivity index (χ4n) is 3.73. The van der Waals surface area contributed by atoms with Gasteiger partial charge in [0.1, 0.15) is 0 Å². The molecule has 26 heavy (non-hydrogen) atoms. The van der Waals surface area contributed by atoms with E-state index in [1.807, 2.05) is 13.1 Å². The summed E-state index contributed by atoms with van der Waals surface area (Å²) in [5.74, 6) is -0.993. The van der Waals surface area contributed by atoms with Gasteiger partial charge >= 0.3 is 5.97 Å².